The number of nitrogens with zero attached hydrogens (tertiary/aromatic N) is 1. The van der Waals surface area contributed by atoms with Gasteiger partial charge in [0.05, 0.1) is 24.2 Å². The lowest BCUT2D eigenvalue weighted by Crippen LogP contribution is -2.44. The fraction of sp³-hybridized carbons (Fsp3) is 0.381. The van der Waals surface area contributed by atoms with Crippen LogP contribution in [0, 0.1) is 0 Å². The molecule has 2 aromatic carbocycles. The fourth-order valence-corrected chi connectivity index (χ4v) is 4.43. The molecule has 0 saturated carbocycles. The lowest BCUT2D eigenvalue weighted by Gasteiger charge is -2.33. The highest BCUT2D eigenvalue weighted by Gasteiger charge is 2.44. The first-order valence-corrected chi connectivity index (χ1v) is 9.56. The first kappa shape index (κ1) is 19.4. The van der Waals surface area contributed by atoms with Gasteiger partial charge in [-0.15, -0.1) is 0 Å². The first-order valence-electron chi connectivity index (χ1n) is 9.56. The van der Waals surface area contributed by atoms with Crippen LogP contribution in [0.1, 0.15) is 41.1 Å². The predicted molar refractivity (Wildman–Crippen MR) is 104 cm³/mol. The lowest BCUT2D eigenvalue weighted by atomic mass is 9.83. The molecule has 2 aliphatic rings. The van der Waals surface area contributed by atoms with E-state index in [-0.39, 0.29) is 25.3 Å². The van der Waals surface area contributed by atoms with Crippen LogP contribution >= 0.6 is 0 Å². The zero-order valence-corrected chi connectivity index (χ0v) is 15.7. The number of anilines is 1. The lowest BCUT2D eigenvalue weighted by molar-refractivity contribution is -0.118. The summed E-state index contributed by atoms with van der Waals surface area (Å²) in [5.41, 5.74) is 6.57. The highest BCUT2D eigenvalue weighted by atomic mass is 19.3. The number of rotatable bonds is 6. The van der Waals surface area contributed by atoms with Crippen LogP contribution in [-0.4, -0.2) is 43.2 Å². The number of alkyl halides is 2. The van der Waals surface area contributed by atoms with Crippen molar-refractivity contribution in [3.05, 3.63) is 41.5 Å². The summed E-state index contributed by atoms with van der Waals surface area (Å²) in [5.74, 6) is -4.78. The minimum absolute atomic E-state index is 0.0357. The molecule has 1 saturated heterocycles. The average Bonchev–Trinajstić information content (AvgIpc) is 2.97. The van der Waals surface area contributed by atoms with Crippen LogP contribution in [-0.2, 0) is 9.59 Å². The summed E-state index contributed by atoms with van der Waals surface area (Å²) in [5, 5.41) is 3.91. The van der Waals surface area contributed by atoms with Crippen molar-refractivity contribution in [3.63, 3.8) is 0 Å². The van der Waals surface area contributed by atoms with E-state index in [0.29, 0.717) is 46.8 Å². The number of hydrogen-bond donors (Lipinski definition) is 2. The van der Waals surface area contributed by atoms with Crippen molar-refractivity contribution in [3.8, 4) is 0 Å². The van der Waals surface area contributed by atoms with Crippen molar-refractivity contribution < 1.29 is 23.2 Å². The average molecular weight is 401 g/mol. The maximum Gasteiger partial charge on any atom is 0.267 e. The van der Waals surface area contributed by atoms with E-state index in [1.807, 2.05) is 0 Å². The van der Waals surface area contributed by atoms with E-state index in [4.69, 9.17) is 5.73 Å². The molecule has 0 spiro atoms. The largest absolute Gasteiger partial charge is 0.370 e. The van der Waals surface area contributed by atoms with Crippen molar-refractivity contribution in [2.75, 3.05) is 18.0 Å². The van der Waals surface area contributed by atoms with Gasteiger partial charge in [0.2, 0.25) is 5.91 Å². The maximum absolute atomic E-state index is 14.6. The predicted octanol–water partition coefficient (Wildman–Crippen LogP) is 2.35. The van der Waals surface area contributed by atoms with E-state index >= 15 is 0 Å². The van der Waals surface area contributed by atoms with Crippen LogP contribution in [0.15, 0.2) is 30.3 Å². The second-order valence-corrected chi connectivity index (χ2v) is 7.56. The first-order chi connectivity index (χ1) is 13.8. The van der Waals surface area contributed by atoms with E-state index in [2.05, 4.69) is 5.32 Å². The molecule has 1 fully saturated rings. The van der Waals surface area contributed by atoms with Crippen molar-refractivity contribution in [1.82, 2.24) is 5.32 Å². The molecule has 3 N–H and O–H groups in total. The minimum atomic E-state index is -2.90. The number of benzene rings is 2. The molecule has 0 aromatic heterocycles. The Morgan fingerprint density at radius 3 is 2.83 bits per heavy atom. The van der Waals surface area contributed by atoms with Gasteiger partial charge in [-0.2, -0.15) is 0 Å². The summed E-state index contributed by atoms with van der Waals surface area (Å²) in [6, 6.07) is 7.46. The van der Waals surface area contributed by atoms with Crippen LogP contribution in [0.4, 0.5) is 14.5 Å². The second kappa shape index (κ2) is 7.18. The van der Waals surface area contributed by atoms with Gasteiger partial charge in [-0.3, -0.25) is 14.5 Å². The third-order valence-electron chi connectivity index (χ3n) is 5.79. The Labute approximate surface area is 166 Å². The van der Waals surface area contributed by atoms with Gasteiger partial charge in [0.1, 0.15) is 6.29 Å². The molecule has 2 amide bonds. The molecule has 6 nitrogen and oxygen atoms in total. The Morgan fingerprint density at radius 1 is 1.34 bits per heavy atom. The van der Waals surface area contributed by atoms with Gasteiger partial charge >= 0.3 is 0 Å². The topological polar surface area (TPSA) is 92.5 Å². The van der Waals surface area contributed by atoms with Crippen molar-refractivity contribution in [2.24, 2.45) is 5.73 Å². The number of primary amides is 1. The van der Waals surface area contributed by atoms with Crippen LogP contribution in [0.3, 0.4) is 0 Å². The minimum Gasteiger partial charge on any atom is -0.370 e. The fourth-order valence-electron chi connectivity index (χ4n) is 4.43. The Balaban J connectivity index is 1.82. The molecule has 2 atom stereocenters. The molecule has 4 rings (SSSR count). The Kier molecular flexibility index (Phi) is 4.82. The van der Waals surface area contributed by atoms with Gasteiger partial charge < -0.3 is 15.8 Å². The summed E-state index contributed by atoms with van der Waals surface area (Å²) in [4.78, 5) is 37.2. The number of amides is 2. The quantitative estimate of drug-likeness (QED) is 0.727. The highest BCUT2D eigenvalue weighted by Crippen LogP contribution is 2.46. The zero-order chi connectivity index (χ0) is 20.8. The van der Waals surface area contributed by atoms with Crippen molar-refractivity contribution >= 4 is 34.6 Å². The molecule has 0 bridgehead atoms. The number of nitrogens with two attached hydrogens (primary N) is 1. The zero-order valence-electron chi connectivity index (χ0n) is 15.7. The maximum atomic E-state index is 14.6. The summed E-state index contributed by atoms with van der Waals surface area (Å²) >= 11 is 0. The van der Waals surface area contributed by atoms with Gasteiger partial charge in [0, 0.05) is 17.4 Å². The summed E-state index contributed by atoms with van der Waals surface area (Å²) in [6.07, 6.45) is 0.979. The van der Waals surface area contributed by atoms with Gasteiger partial charge in [0.15, 0.2) is 0 Å². The molecule has 2 heterocycles. The Bertz CT molecular complexity index is 1010. The third-order valence-corrected chi connectivity index (χ3v) is 5.79. The van der Waals surface area contributed by atoms with E-state index in [1.54, 1.807) is 30.3 Å². The number of carbonyl (C=O) groups excluding carboxylic acids is 3. The highest BCUT2D eigenvalue weighted by molar-refractivity contribution is 6.26. The summed E-state index contributed by atoms with van der Waals surface area (Å²) < 4.78 is 29.2. The monoisotopic (exact) mass is 401 g/mol. The molecule has 0 radical (unpaired) electrons. The van der Waals surface area contributed by atoms with Crippen LogP contribution in [0.25, 0.3) is 10.8 Å². The van der Waals surface area contributed by atoms with Crippen molar-refractivity contribution in [2.45, 2.75) is 37.1 Å². The second-order valence-electron chi connectivity index (χ2n) is 7.56. The van der Waals surface area contributed by atoms with E-state index in [0.717, 1.165) is 0 Å². The van der Waals surface area contributed by atoms with Crippen molar-refractivity contribution in [1.29, 1.82) is 0 Å². The van der Waals surface area contributed by atoms with Gasteiger partial charge in [-0.1, -0.05) is 18.2 Å². The Hall–Kier alpha value is -2.87. The molecule has 2 aromatic rings. The number of piperidine rings is 1. The molecular formula is C21H21F2N3O3. The normalized spacial score (nSPS) is 21.4. The smallest absolute Gasteiger partial charge is 0.267 e. The van der Waals surface area contributed by atoms with E-state index in [9.17, 15) is 23.2 Å². The van der Waals surface area contributed by atoms with Crippen LogP contribution in [0.2, 0.25) is 0 Å². The van der Waals surface area contributed by atoms with Gasteiger partial charge in [-0.25, -0.2) is 8.78 Å². The summed E-state index contributed by atoms with van der Waals surface area (Å²) in [7, 11) is 0. The van der Waals surface area contributed by atoms with E-state index in [1.165, 1.54) is 4.90 Å². The molecule has 8 heteroatoms. The number of aldehydes is 1. The molecule has 152 valence electrons. The molecule has 0 aliphatic carbocycles. The van der Waals surface area contributed by atoms with Crippen LogP contribution in [0.5, 0.6) is 0 Å². The third kappa shape index (κ3) is 3.17. The number of halogens is 2. The number of carbonyl (C=O) groups is 3. The molecule has 29 heavy (non-hydrogen) atoms. The molecule has 2 aliphatic heterocycles. The number of nitrogens with one attached hydrogen (secondary N) is 1. The van der Waals surface area contributed by atoms with Gasteiger partial charge in [-0.05, 0) is 42.5 Å². The SMILES string of the molecule is NC(=O)CCC(C=O)N1C(=O)c2cccc3c(C4CCNCC4(F)F)ccc1c23. The van der Waals surface area contributed by atoms with E-state index < -0.39 is 23.8 Å². The molecular weight excluding hydrogens is 380 g/mol. The Morgan fingerprint density at radius 2 is 2.14 bits per heavy atom. The molecule has 2 unspecified atom stereocenters. The van der Waals surface area contributed by atoms with Gasteiger partial charge in [0.25, 0.3) is 11.8 Å². The standard InChI is InChI=1S/C21H21F2N3O3/c22-21(23)11-25-9-8-16(21)13-5-6-17-19-14(13)2-1-3-15(19)20(29)26(17)12(10-27)4-7-18(24)28/h1-3,5-6,10,12,16,25H,4,7-9,11H2,(H2,24,28). The summed E-state index contributed by atoms with van der Waals surface area (Å²) in [6.45, 7) is 0.112. The van der Waals surface area contributed by atoms with Crippen LogP contribution < -0.4 is 16.0 Å². The number of hydrogen-bond acceptors (Lipinski definition) is 4.